The summed E-state index contributed by atoms with van der Waals surface area (Å²) in [6.07, 6.45) is 22.9. The number of nitrogens with zero attached hydrogens (tertiary/aromatic N) is 1. The van der Waals surface area contributed by atoms with E-state index in [1.807, 2.05) is 13.8 Å². The van der Waals surface area contributed by atoms with Crippen LogP contribution in [-0.2, 0) is 9.59 Å². The fourth-order valence-electron chi connectivity index (χ4n) is 3.87. The summed E-state index contributed by atoms with van der Waals surface area (Å²) in [5.41, 5.74) is 0. The highest BCUT2D eigenvalue weighted by Crippen LogP contribution is 2.17. The number of hydrogen-bond acceptors (Lipinski definition) is 2. The van der Waals surface area contributed by atoms with Gasteiger partial charge < -0.3 is 10.0 Å². The molecule has 1 unspecified atom stereocenters. The Labute approximate surface area is 186 Å². The Balaban J connectivity index is 3.64. The molecule has 1 atom stereocenters. The molecule has 0 bridgehead atoms. The Kier molecular flexibility index (Phi) is 20.0. The number of allylic oxidation sites excluding steroid dienone is 2. The van der Waals surface area contributed by atoms with Crippen molar-refractivity contribution >= 4 is 11.9 Å². The molecule has 0 saturated carbocycles. The number of amides is 1. The minimum absolute atomic E-state index is 0.0333. The molecule has 176 valence electrons. The minimum Gasteiger partial charge on any atom is -0.481 e. The van der Waals surface area contributed by atoms with Crippen molar-refractivity contribution in [3.05, 3.63) is 12.2 Å². The van der Waals surface area contributed by atoms with Gasteiger partial charge in [-0.05, 0) is 46.0 Å². The van der Waals surface area contributed by atoms with E-state index in [4.69, 9.17) is 0 Å². The highest BCUT2D eigenvalue weighted by Gasteiger charge is 2.22. The second-order valence-corrected chi connectivity index (χ2v) is 8.53. The van der Waals surface area contributed by atoms with Crippen LogP contribution in [0.1, 0.15) is 124 Å². The van der Waals surface area contributed by atoms with Crippen LogP contribution in [0.5, 0.6) is 0 Å². The summed E-state index contributed by atoms with van der Waals surface area (Å²) in [4.78, 5) is 25.3. The van der Waals surface area contributed by atoms with Crippen LogP contribution in [0.2, 0.25) is 0 Å². The van der Waals surface area contributed by atoms with E-state index in [0.29, 0.717) is 19.5 Å². The SMILES string of the molecule is CCCCCCCCCC/C=C/CCCCCCC(CC(=O)N(CC)CC)C(=O)O. The Hall–Kier alpha value is -1.32. The van der Waals surface area contributed by atoms with Crippen molar-refractivity contribution in [1.29, 1.82) is 0 Å². The fraction of sp³-hybridized carbons (Fsp3) is 0.846. The second kappa shape index (κ2) is 20.9. The monoisotopic (exact) mass is 423 g/mol. The van der Waals surface area contributed by atoms with Gasteiger partial charge in [0.25, 0.3) is 0 Å². The van der Waals surface area contributed by atoms with Crippen molar-refractivity contribution < 1.29 is 14.7 Å². The first-order valence-corrected chi connectivity index (χ1v) is 12.7. The predicted molar refractivity (Wildman–Crippen MR) is 128 cm³/mol. The highest BCUT2D eigenvalue weighted by molar-refractivity contribution is 5.82. The van der Waals surface area contributed by atoms with Gasteiger partial charge in [0.2, 0.25) is 5.91 Å². The third-order valence-electron chi connectivity index (χ3n) is 5.95. The number of aliphatic carboxylic acids is 1. The Morgan fingerprint density at radius 2 is 1.20 bits per heavy atom. The Morgan fingerprint density at radius 3 is 1.67 bits per heavy atom. The lowest BCUT2D eigenvalue weighted by Gasteiger charge is -2.21. The molecular weight excluding hydrogens is 374 g/mol. The van der Waals surface area contributed by atoms with Crippen LogP contribution < -0.4 is 0 Å². The predicted octanol–water partition coefficient (Wildman–Crippen LogP) is 7.37. The number of hydrogen-bond donors (Lipinski definition) is 1. The first-order chi connectivity index (χ1) is 14.6. The average molecular weight is 424 g/mol. The molecule has 1 N–H and O–H groups in total. The van der Waals surface area contributed by atoms with Gasteiger partial charge in [-0.3, -0.25) is 9.59 Å². The molecule has 0 rings (SSSR count). The lowest BCUT2D eigenvalue weighted by Crippen LogP contribution is -2.33. The standard InChI is InChI=1S/C26H49NO3/c1-4-7-8-9-10-11-12-13-14-15-16-17-18-19-20-21-22-24(26(29)30)23-25(28)27(5-2)6-3/h15-16,24H,4-14,17-23H2,1-3H3,(H,29,30)/b16-15+. The summed E-state index contributed by atoms with van der Waals surface area (Å²) in [6.45, 7) is 7.42. The summed E-state index contributed by atoms with van der Waals surface area (Å²) in [5, 5.41) is 9.40. The summed E-state index contributed by atoms with van der Waals surface area (Å²) in [6, 6.07) is 0. The van der Waals surface area contributed by atoms with E-state index in [1.165, 1.54) is 64.2 Å². The van der Waals surface area contributed by atoms with Gasteiger partial charge in [-0.25, -0.2) is 0 Å². The molecule has 0 radical (unpaired) electrons. The quantitative estimate of drug-likeness (QED) is 0.155. The lowest BCUT2D eigenvalue weighted by atomic mass is 9.96. The maximum atomic E-state index is 12.1. The van der Waals surface area contributed by atoms with Gasteiger partial charge in [-0.15, -0.1) is 0 Å². The molecule has 0 aromatic carbocycles. The summed E-state index contributed by atoms with van der Waals surface area (Å²) < 4.78 is 0. The van der Waals surface area contributed by atoms with E-state index >= 15 is 0 Å². The van der Waals surface area contributed by atoms with Crippen LogP contribution in [0.3, 0.4) is 0 Å². The van der Waals surface area contributed by atoms with Crippen molar-refractivity contribution in [1.82, 2.24) is 4.90 Å². The molecular formula is C26H49NO3. The van der Waals surface area contributed by atoms with Crippen molar-refractivity contribution in [3.63, 3.8) is 0 Å². The molecule has 0 heterocycles. The Morgan fingerprint density at radius 1 is 0.733 bits per heavy atom. The normalized spacial score (nSPS) is 12.4. The number of rotatable bonds is 21. The molecule has 0 aliphatic carbocycles. The van der Waals surface area contributed by atoms with Crippen molar-refractivity contribution in [2.45, 2.75) is 124 Å². The third kappa shape index (κ3) is 16.5. The zero-order valence-corrected chi connectivity index (χ0v) is 20.2. The summed E-state index contributed by atoms with van der Waals surface area (Å²) in [5.74, 6) is -1.40. The fourth-order valence-corrected chi connectivity index (χ4v) is 3.87. The molecule has 30 heavy (non-hydrogen) atoms. The van der Waals surface area contributed by atoms with Crippen LogP contribution in [0.25, 0.3) is 0 Å². The molecule has 1 amide bonds. The molecule has 0 fully saturated rings. The molecule has 0 aromatic heterocycles. The number of carboxylic acids is 1. The van der Waals surface area contributed by atoms with Gasteiger partial charge in [0, 0.05) is 19.5 Å². The van der Waals surface area contributed by atoms with E-state index in [9.17, 15) is 14.7 Å². The van der Waals surface area contributed by atoms with Crippen LogP contribution in [0.4, 0.5) is 0 Å². The number of carboxylic acid groups (broad SMARTS) is 1. The number of carbonyl (C=O) groups excluding carboxylic acids is 1. The molecule has 0 aromatic rings. The van der Waals surface area contributed by atoms with Gasteiger partial charge in [0.1, 0.15) is 0 Å². The van der Waals surface area contributed by atoms with E-state index in [1.54, 1.807) is 4.90 Å². The third-order valence-corrected chi connectivity index (χ3v) is 5.95. The van der Waals surface area contributed by atoms with E-state index in [-0.39, 0.29) is 12.3 Å². The van der Waals surface area contributed by atoms with E-state index in [0.717, 1.165) is 25.7 Å². The average Bonchev–Trinajstić information content (AvgIpc) is 2.73. The number of carbonyl (C=O) groups is 2. The van der Waals surface area contributed by atoms with Gasteiger partial charge in [0.15, 0.2) is 0 Å². The zero-order valence-electron chi connectivity index (χ0n) is 20.2. The maximum absolute atomic E-state index is 12.1. The maximum Gasteiger partial charge on any atom is 0.307 e. The largest absolute Gasteiger partial charge is 0.481 e. The van der Waals surface area contributed by atoms with Crippen LogP contribution in [0.15, 0.2) is 12.2 Å². The van der Waals surface area contributed by atoms with E-state index in [2.05, 4.69) is 19.1 Å². The molecule has 4 nitrogen and oxygen atoms in total. The highest BCUT2D eigenvalue weighted by atomic mass is 16.4. The van der Waals surface area contributed by atoms with Crippen molar-refractivity contribution in [2.75, 3.05) is 13.1 Å². The lowest BCUT2D eigenvalue weighted by molar-refractivity contribution is -0.146. The van der Waals surface area contributed by atoms with E-state index < -0.39 is 11.9 Å². The summed E-state index contributed by atoms with van der Waals surface area (Å²) >= 11 is 0. The Bertz CT molecular complexity index is 444. The first kappa shape index (κ1) is 28.7. The number of unbranched alkanes of at least 4 members (excludes halogenated alkanes) is 12. The van der Waals surface area contributed by atoms with Gasteiger partial charge in [-0.2, -0.15) is 0 Å². The van der Waals surface area contributed by atoms with Gasteiger partial charge in [0.05, 0.1) is 5.92 Å². The molecule has 0 spiro atoms. The molecule has 4 heteroatoms. The molecule has 0 aliphatic rings. The van der Waals surface area contributed by atoms with Crippen molar-refractivity contribution in [3.8, 4) is 0 Å². The molecule has 0 aliphatic heterocycles. The smallest absolute Gasteiger partial charge is 0.307 e. The van der Waals surface area contributed by atoms with Gasteiger partial charge >= 0.3 is 5.97 Å². The first-order valence-electron chi connectivity index (χ1n) is 12.7. The minimum atomic E-state index is -0.834. The zero-order chi connectivity index (χ0) is 22.5. The van der Waals surface area contributed by atoms with Crippen molar-refractivity contribution in [2.24, 2.45) is 5.92 Å². The molecule has 0 saturated heterocycles. The van der Waals surface area contributed by atoms with Crippen LogP contribution in [-0.4, -0.2) is 35.0 Å². The summed E-state index contributed by atoms with van der Waals surface area (Å²) in [7, 11) is 0. The van der Waals surface area contributed by atoms with Crippen LogP contribution >= 0.6 is 0 Å². The second-order valence-electron chi connectivity index (χ2n) is 8.53. The van der Waals surface area contributed by atoms with Gasteiger partial charge in [-0.1, -0.05) is 83.3 Å². The topological polar surface area (TPSA) is 57.6 Å². The van der Waals surface area contributed by atoms with Crippen LogP contribution in [0, 0.1) is 5.92 Å².